The molecular weight excluding hydrogens is 390 g/mol. The number of aromatic nitrogens is 6. The Morgan fingerprint density at radius 2 is 1.87 bits per heavy atom. The molecule has 0 radical (unpaired) electrons. The summed E-state index contributed by atoms with van der Waals surface area (Å²) in [5.41, 5.74) is 8.99. The van der Waals surface area contributed by atoms with Crippen molar-refractivity contribution in [3.63, 3.8) is 0 Å². The molecule has 1 aliphatic carbocycles. The van der Waals surface area contributed by atoms with Gasteiger partial charge in [-0.3, -0.25) is 0 Å². The Morgan fingerprint density at radius 3 is 2.61 bits per heavy atom. The quantitative estimate of drug-likeness (QED) is 0.455. The van der Waals surface area contributed by atoms with Crippen LogP contribution in [0.3, 0.4) is 0 Å². The van der Waals surface area contributed by atoms with Crippen LogP contribution in [0.2, 0.25) is 0 Å². The lowest BCUT2D eigenvalue weighted by molar-refractivity contribution is 0.372. The smallest absolute Gasteiger partial charge is 0.133 e. The fourth-order valence-corrected chi connectivity index (χ4v) is 4.48. The normalized spacial score (nSPS) is 15.4. The Bertz CT molecular complexity index is 1240. The third kappa shape index (κ3) is 3.46. The molecule has 1 aliphatic rings. The number of fused-ring (bicyclic) bond motifs is 1. The molecule has 0 unspecified atom stereocenters. The van der Waals surface area contributed by atoms with E-state index >= 15 is 0 Å². The molecule has 0 atom stereocenters. The van der Waals surface area contributed by atoms with E-state index in [1.807, 2.05) is 32.4 Å². The predicted molar refractivity (Wildman–Crippen MR) is 121 cm³/mol. The number of nitrogens with zero attached hydrogens (tertiary/aromatic N) is 6. The number of pyridine rings is 3. The minimum absolute atomic E-state index is 0.0301. The van der Waals surface area contributed by atoms with Gasteiger partial charge in [-0.15, -0.1) is 5.10 Å². The van der Waals surface area contributed by atoms with Gasteiger partial charge in [0.15, 0.2) is 0 Å². The van der Waals surface area contributed by atoms with Crippen molar-refractivity contribution in [2.75, 3.05) is 18.1 Å². The van der Waals surface area contributed by atoms with Crippen molar-refractivity contribution in [2.45, 2.75) is 31.2 Å². The van der Waals surface area contributed by atoms with Crippen LogP contribution in [0.1, 0.15) is 31.2 Å². The Hall–Kier alpha value is -3.59. The van der Waals surface area contributed by atoms with Gasteiger partial charge in [-0.25, -0.2) is 19.6 Å². The molecule has 4 aromatic rings. The molecule has 0 aliphatic heterocycles. The average molecular weight is 416 g/mol. The Kier molecular flexibility index (Phi) is 4.74. The summed E-state index contributed by atoms with van der Waals surface area (Å²) in [5, 5.41) is 16.5. The van der Waals surface area contributed by atoms with Gasteiger partial charge in [-0.2, -0.15) is 0 Å². The number of hydrogen-bond acceptors (Lipinski definition) is 8. The van der Waals surface area contributed by atoms with Crippen LogP contribution in [-0.4, -0.2) is 37.0 Å². The van der Waals surface area contributed by atoms with Crippen LogP contribution in [-0.2, 0) is 12.6 Å². The summed E-state index contributed by atoms with van der Waals surface area (Å²) in [5.74, 6) is 1.88. The molecule has 0 bridgehead atoms. The number of aryl methyl sites for hydroxylation is 1. The minimum Gasteiger partial charge on any atom is -0.383 e. The van der Waals surface area contributed by atoms with Gasteiger partial charge in [0.1, 0.15) is 23.1 Å². The maximum absolute atomic E-state index is 6.19. The van der Waals surface area contributed by atoms with Crippen molar-refractivity contribution >= 4 is 28.2 Å². The molecule has 5 rings (SSSR count). The SMILES string of the molecule is CNC1(c2ccnc(Nc3cc4cc(-c5cnnn5C)nc(N)c4cn3)c2)CCCC1. The first-order valence-electron chi connectivity index (χ1n) is 10.4. The van der Waals surface area contributed by atoms with Crippen molar-refractivity contribution in [3.05, 3.63) is 48.4 Å². The van der Waals surface area contributed by atoms with E-state index in [-0.39, 0.29) is 5.54 Å². The lowest BCUT2D eigenvalue weighted by Gasteiger charge is -2.29. The van der Waals surface area contributed by atoms with Crippen molar-refractivity contribution in [1.29, 1.82) is 0 Å². The second-order valence-corrected chi connectivity index (χ2v) is 8.02. The van der Waals surface area contributed by atoms with Gasteiger partial charge in [0, 0.05) is 30.4 Å². The molecular formula is C22H25N9. The zero-order chi connectivity index (χ0) is 21.4. The highest BCUT2D eigenvalue weighted by atomic mass is 15.4. The third-order valence-corrected chi connectivity index (χ3v) is 6.23. The molecule has 4 N–H and O–H groups in total. The first-order valence-corrected chi connectivity index (χ1v) is 10.4. The molecule has 31 heavy (non-hydrogen) atoms. The van der Waals surface area contributed by atoms with Crippen LogP contribution >= 0.6 is 0 Å². The van der Waals surface area contributed by atoms with E-state index in [2.05, 4.69) is 48.0 Å². The van der Waals surface area contributed by atoms with E-state index in [4.69, 9.17) is 5.73 Å². The number of nitrogens with two attached hydrogens (primary N) is 1. The molecule has 1 saturated carbocycles. The Morgan fingerprint density at radius 1 is 1.06 bits per heavy atom. The molecule has 1 fully saturated rings. The average Bonchev–Trinajstić information content (AvgIpc) is 3.43. The largest absolute Gasteiger partial charge is 0.383 e. The molecule has 4 heterocycles. The molecule has 0 spiro atoms. The first-order chi connectivity index (χ1) is 15.1. The van der Waals surface area contributed by atoms with E-state index in [9.17, 15) is 0 Å². The van der Waals surface area contributed by atoms with Crippen molar-refractivity contribution < 1.29 is 0 Å². The van der Waals surface area contributed by atoms with Crippen LogP contribution in [0.25, 0.3) is 22.2 Å². The summed E-state index contributed by atoms with van der Waals surface area (Å²) in [7, 11) is 3.86. The monoisotopic (exact) mass is 415 g/mol. The predicted octanol–water partition coefficient (Wildman–Crippen LogP) is 3.13. The molecule has 9 nitrogen and oxygen atoms in total. The lowest BCUT2D eigenvalue weighted by atomic mass is 9.89. The van der Waals surface area contributed by atoms with Crippen LogP contribution in [0, 0.1) is 0 Å². The zero-order valence-electron chi connectivity index (χ0n) is 17.6. The topological polar surface area (TPSA) is 119 Å². The van der Waals surface area contributed by atoms with Crippen LogP contribution in [0.4, 0.5) is 17.5 Å². The highest BCUT2D eigenvalue weighted by molar-refractivity contribution is 5.94. The molecule has 0 saturated heterocycles. The summed E-state index contributed by atoms with van der Waals surface area (Å²) in [6.45, 7) is 0. The third-order valence-electron chi connectivity index (χ3n) is 6.23. The van der Waals surface area contributed by atoms with Gasteiger partial charge < -0.3 is 16.4 Å². The molecule has 0 aromatic carbocycles. The van der Waals surface area contributed by atoms with Crippen molar-refractivity contribution in [1.82, 2.24) is 35.3 Å². The summed E-state index contributed by atoms with van der Waals surface area (Å²) in [4.78, 5) is 13.5. The van der Waals surface area contributed by atoms with Gasteiger partial charge >= 0.3 is 0 Å². The summed E-state index contributed by atoms with van der Waals surface area (Å²) < 4.78 is 1.67. The summed E-state index contributed by atoms with van der Waals surface area (Å²) in [6.07, 6.45) is 10.0. The lowest BCUT2D eigenvalue weighted by Crippen LogP contribution is -2.37. The van der Waals surface area contributed by atoms with E-state index in [1.54, 1.807) is 17.1 Å². The standard InChI is InChI=1S/C22H25N9/c1-24-22(6-3-4-7-22)15-5-8-25-20(11-15)29-19-10-14-9-17(18-13-27-30-31(18)2)28-21(23)16(14)12-26-19/h5,8-13,24H,3-4,6-7H2,1-2H3,(H2,23,28)(H,25,26,29). The maximum atomic E-state index is 6.19. The van der Waals surface area contributed by atoms with E-state index in [1.165, 1.54) is 18.4 Å². The van der Waals surface area contributed by atoms with Crippen molar-refractivity contribution in [2.24, 2.45) is 7.05 Å². The molecule has 0 amide bonds. The van der Waals surface area contributed by atoms with Crippen LogP contribution in [0.15, 0.2) is 42.9 Å². The Balaban J connectivity index is 1.49. The van der Waals surface area contributed by atoms with Gasteiger partial charge in [0.05, 0.1) is 11.9 Å². The highest BCUT2D eigenvalue weighted by Gasteiger charge is 2.34. The molecule has 158 valence electrons. The first kappa shape index (κ1) is 19.4. The number of nitrogen functional groups attached to an aromatic ring is 1. The highest BCUT2D eigenvalue weighted by Crippen LogP contribution is 2.39. The number of hydrogen-bond donors (Lipinski definition) is 3. The fraction of sp³-hybridized carbons (Fsp3) is 0.318. The van der Waals surface area contributed by atoms with E-state index < -0.39 is 0 Å². The minimum atomic E-state index is 0.0301. The van der Waals surface area contributed by atoms with Gasteiger partial charge in [-0.1, -0.05) is 18.1 Å². The fourth-order valence-electron chi connectivity index (χ4n) is 4.48. The molecule has 9 heteroatoms. The summed E-state index contributed by atoms with van der Waals surface area (Å²) >= 11 is 0. The molecule has 4 aromatic heterocycles. The maximum Gasteiger partial charge on any atom is 0.133 e. The second kappa shape index (κ2) is 7.59. The van der Waals surface area contributed by atoms with Crippen LogP contribution < -0.4 is 16.4 Å². The Labute approximate surface area is 180 Å². The van der Waals surface area contributed by atoms with E-state index in [0.717, 1.165) is 35.1 Å². The van der Waals surface area contributed by atoms with E-state index in [0.29, 0.717) is 17.3 Å². The number of nitrogens with one attached hydrogen (secondary N) is 2. The van der Waals surface area contributed by atoms with Gasteiger partial charge in [0.25, 0.3) is 0 Å². The van der Waals surface area contributed by atoms with Crippen molar-refractivity contribution in [3.8, 4) is 11.4 Å². The second-order valence-electron chi connectivity index (χ2n) is 8.02. The van der Waals surface area contributed by atoms with Gasteiger partial charge in [-0.05, 0) is 55.1 Å². The summed E-state index contributed by atoms with van der Waals surface area (Å²) in [6, 6.07) is 8.14. The number of anilines is 3. The van der Waals surface area contributed by atoms with Gasteiger partial charge in [0.2, 0.25) is 0 Å². The zero-order valence-corrected chi connectivity index (χ0v) is 17.6. The van der Waals surface area contributed by atoms with Crippen LogP contribution in [0.5, 0.6) is 0 Å². The number of rotatable bonds is 5.